The van der Waals surface area contributed by atoms with Crippen molar-refractivity contribution in [3.05, 3.63) is 30.3 Å². The van der Waals surface area contributed by atoms with E-state index in [-0.39, 0.29) is 18.3 Å². The fraction of sp³-hybridized carbons (Fsp3) is 0.222. The van der Waals surface area contributed by atoms with E-state index in [2.05, 4.69) is 5.43 Å². The lowest BCUT2D eigenvalue weighted by Crippen LogP contribution is -2.32. The Balaban J connectivity index is 0.000000845. The summed E-state index contributed by atoms with van der Waals surface area (Å²) in [7, 11) is 0. The molecule has 70 valence electrons. The van der Waals surface area contributed by atoms with Gasteiger partial charge in [0.1, 0.15) is 0 Å². The minimum absolute atomic E-state index is 0. The summed E-state index contributed by atoms with van der Waals surface area (Å²) in [6, 6.07) is 9.83. The number of nitrogens with one attached hydrogen (secondary N) is 1. The molecule has 1 heterocycles. The van der Waals surface area contributed by atoms with Crippen molar-refractivity contribution in [2.24, 2.45) is 0 Å². The van der Waals surface area contributed by atoms with Crippen molar-refractivity contribution >= 4 is 24.0 Å². The van der Waals surface area contributed by atoms with E-state index in [0.717, 1.165) is 12.2 Å². The van der Waals surface area contributed by atoms with Gasteiger partial charge in [-0.15, -0.1) is 12.4 Å². The van der Waals surface area contributed by atoms with Gasteiger partial charge >= 0.3 is 0 Å². The molecule has 13 heavy (non-hydrogen) atoms. The molecule has 0 aromatic heterocycles. The van der Waals surface area contributed by atoms with Gasteiger partial charge in [0, 0.05) is 13.0 Å². The summed E-state index contributed by atoms with van der Waals surface area (Å²) < 4.78 is 0. The highest BCUT2D eigenvalue weighted by molar-refractivity contribution is 5.85. The number of hydrazine groups is 1. The average Bonchev–Trinajstić information content (AvgIpc) is 2.54. The van der Waals surface area contributed by atoms with Crippen molar-refractivity contribution < 1.29 is 4.79 Å². The zero-order valence-electron chi connectivity index (χ0n) is 7.06. The van der Waals surface area contributed by atoms with Gasteiger partial charge in [-0.1, -0.05) is 18.2 Å². The Bertz CT molecular complexity index is 289. The number of hydrogen-bond acceptors (Lipinski definition) is 2. The van der Waals surface area contributed by atoms with Crippen molar-refractivity contribution in [2.45, 2.75) is 6.42 Å². The van der Waals surface area contributed by atoms with Crippen LogP contribution in [0.2, 0.25) is 0 Å². The maximum Gasteiger partial charge on any atom is 0.240 e. The molecule has 0 radical (unpaired) electrons. The van der Waals surface area contributed by atoms with Gasteiger partial charge in [-0.3, -0.25) is 15.2 Å². The van der Waals surface area contributed by atoms with Crippen molar-refractivity contribution in [1.29, 1.82) is 0 Å². The van der Waals surface area contributed by atoms with Crippen molar-refractivity contribution in [3.63, 3.8) is 0 Å². The molecule has 1 aliphatic rings. The lowest BCUT2D eigenvalue weighted by molar-refractivity contribution is -0.119. The fourth-order valence-corrected chi connectivity index (χ4v) is 1.28. The molecule has 1 aromatic rings. The van der Waals surface area contributed by atoms with Gasteiger partial charge in [-0.2, -0.15) is 0 Å². The predicted octanol–water partition coefficient (Wildman–Crippen LogP) is 1.35. The molecule has 1 aliphatic heterocycles. The van der Waals surface area contributed by atoms with E-state index < -0.39 is 0 Å². The van der Waals surface area contributed by atoms with Gasteiger partial charge in [0.15, 0.2) is 0 Å². The lowest BCUT2D eigenvalue weighted by Gasteiger charge is -2.16. The largest absolute Gasteiger partial charge is 0.285 e. The Kier molecular flexibility index (Phi) is 3.14. The highest BCUT2D eigenvalue weighted by atomic mass is 35.5. The minimum atomic E-state index is 0. The van der Waals surface area contributed by atoms with E-state index in [1.165, 1.54) is 0 Å². The zero-order valence-corrected chi connectivity index (χ0v) is 7.88. The molecule has 0 atom stereocenters. The Labute approximate surface area is 83.1 Å². The molecule has 0 bridgehead atoms. The molecule has 0 saturated carbocycles. The minimum Gasteiger partial charge on any atom is -0.285 e. The summed E-state index contributed by atoms with van der Waals surface area (Å²) in [5.74, 6) is 0.0962. The van der Waals surface area contributed by atoms with Gasteiger partial charge in [0.25, 0.3) is 0 Å². The quantitative estimate of drug-likeness (QED) is 0.739. The third kappa shape index (κ3) is 2.12. The van der Waals surface area contributed by atoms with Crippen LogP contribution < -0.4 is 10.4 Å². The Morgan fingerprint density at radius 3 is 2.46 bits per heavy atom. The predicted molar refractivity (Wildman–Crippen MR) is 53.8 cm³/mol. The van der Waals surface area contributed by atoms with Crippen LogP contribution in [0.1, 0.15) is 6.42 Å². The smallest absolute Gasteiger partial charge is 0.240 e. The van der Waals surface area contributed by atoms with E-state index in [4.69, 9.17) is 0 Å². The molecule has 2 rings (SSSR count). The molecule has 1 fully saturated rings. The van der Waals surface area contributed by atoms with Crippen LogP contribution in [-0.4, -0.2) is 12.5 Å². The van der Waals surface area contributed by atoms with Crippen LogP contribution in [-0.2, 0) is 4.79 Å². The Morgan fingerprint density at radius 1 is 1.23 bits per heavy atom. The van der Waals surface area contributed by atoms with Crippen LogP contribution in [0.15, 0.2) is 30.3 Å². The maximum absolute atomic E-state index is 10.9. The summed E-state index contributed by atoms with van der Waals surface area (Å²) in [6.07, 6.45) is 0.592. The van der Waals surface area contributed by atoms with E-state index in [1.807, 2.05) is 35.3 Å². The van der Waals surface area contributed by atoms with Gasteiger partial charge in [-0.25, -0.2) is 0 Å². The lowest BCUT2D eigenvalue weighted by atomic mass is 10.3. The molecule has 0 aliphatic carbocycles. The van der Waals surface area contributed by atoms with Gasteiger partial charge in [0.2, 0.25) is 5.91 Å². The number of rotatable bonds is 1. The standard InChI is InChI=1S/C9H10N2O.ClH/c12-9-6-7-11(10-9)8-4-2-1-3-5-8;/h1-5H,6-7H2,(H,10,12);1H. The number of carbonyl (C=O) groups is 1. The average molecular weight is 199 g/mol. The number of carbonyl (C=O) groups excluding carboxylic acids is 1. The number of amides is 1. The number of benzene rings is 1. The van der Waals surface area contributed by atoms with Gasteiger partial charge < -0.3 is 0 Å². The molecule has 0 unspecified atom stereocenters. The summed E-state index contributed by atoms with van der Waals surface area (Å²) in [6.45, 7) is 0.767. The first-order chi connectivity index (χ1) is 5.86. The second-order valence-corrected chi connectivity index (χ2v) is 2.77. The van der Waals surface area contributed by atoms with Gasteiger partial charge in [0.05, 0.1) is 5.69 Å². The Morgan fingerprint density at radius 2 is 1.92 bits per heavy atom. The van der Waals surface area contributed by atoms with Crippen LogP contribution in [0, 0.1) is 0 Å². The first-order valence-corrected chi connectivity index (χ1v) is 3.98. The maximum atomic E-state index is 10.9. The summed E-state index contributed by atoms with van der Waals surface area (Å²) >= 11 is 0. The molecular weight excluding hydrogens is 188 g/mol. The van der Waals surface area contributed by atoms with Crippen LogP contribution >= 0.6 is 12.4 Å². The van der Waals surface area contributed by atoms with Crippen LogP contribution in [0.3, 0.4) is 0 Å². The van der Waals surface area contributed by atoms with Crippen molar-refractivity contribution in [3.8, 4) is 0 Å². The van der Waals surface area contributed by atoms with E-state index in [1.54, 1.807) is 0 Å². The number of nitrogens with zero attached hydrogens (tertiary/aromatic N) is 1. The second kappa shape index (κ2) is 4.14. The molecule has 3 nitrogen and oxygen atoms in total. The molecule has 4 heteroatoms. The highest BCUT2D eigenvalue weighted by Crippen LogP contribution is 2.13. The first-order valence-electron chi connectivity index (χ1n) is 3.98. The number of hydrogen-bond donors (Lipinski definition) is 1. The van der Waals surface area contributed by atoms with E-state index >= 15 is 0 Å². The highest BCUT2D eigenvalue weighted by Gasteiger charge is 2.17. The van der Waals surface area contributed by atoms with Crippen LogP contribution in [0.5, 0.6) is 0 Å². The summed E-state index contributed by atoms with van der Waals surface area (Å²) in [5, 5.41) is 1.86. The monoisotopic (exact) mass is 198 g/mol. The summed E-state index contributed by atoms with van der Waals surface area (Å²) in [4.78, 5) is 10.9. The van der Waals surface area contributed by atoms with Crippen LogP contribution in [0.25, 0.3) is 0 Å². The zero-order chi connectivity index (χ0) is 8.39. The third-order valence-corrected chi connectivity index (χ3v) is 1.89. The third-order valence-electron chi connectivity index (χ3n) is 1.89. The SMILES string of the molecule is Cl.O=C1CCN(c2ccccc2)N1. The first kappa shape index (κ1) is 9.86. The molecule has 1 aromatic carbocycles. The van der Waals surface area contributed by atoms with Crippen molar-refractivity contribution in [1.82, 2.24) is 5.43 Å². The van der Waals surface area contributed by atoms with Crippen LogP contribution in [0.4, 0.5) is 5.69 Å². The number of halogens is 1. The molecule has 0 spiro atoms. The number of anilines is 1. The van der Waals surface area contributed by atoms with E-state index in [0.29, 0.717) is 6.42 Å². The molecular formula is C9H11ClN2O. The number of para-hydroxylation sites is 1. The molecule has 1 saturated heterocycles. The van der Waals surface area contributed by atoms with Gasteiger partial charge in [-0.05, 0) is 12.1 Å². The summed E-state index contributed by atoms with van der Waals surface area (Å²) in [5.41, 5.74) is 3.81. The van der Waals surface area contributed by atoms with E-state index in [9.17, 15) is 4.79 Å². The molecule has 1 amide bonds. The Hall–Kier alpha value is -1.22. The fourth-order valence-electron chi connectivity index (χ4n) is 1.28. The normalized spacial score (nSPS) is 15.1. The van der Waals surface area contributed by atoms with Crippen molar-refractivity contribution in [2.75, 3.05) is 11.6 Å². The second-order valence-electron chi connectivity index (χ2n) is 2.77. The molecule has 1 N–H and O–H groups in total. The topological polar surface area (TPSA) is 32.3 Å².